The molecule has 150 valence electrons. The van der Waals surface area contributed by atoms with Crippen molar-refractivity contribution in [1.82, 2.24) is 4.98 Å². The summed E-state index contributed by atoms with van der Waals surface area (Å²) in [7, 11) is 1.56. The molecule has 5 nitrogen and oxygen atoms in total. The fourth-order valence-electron chi connectivity index (χ4n) is 3.42. The van der Waals surface area contributed by atoms with Gasteiger partial charge in [-0.1, -0.05) is 48.5 Å². The number of methoxy groups -OCH3 is 1. The number of hydrogen-bond donors (Lipinski definition) is 1. The third kappa shape index (κ3) is 3.88. The molecule has 3 aromatic carbocycles. The highest BCUT2D eigenvalue weighted by Gasteiger charge is 2.17. The molecule has 4 aromatic rings. The second-order valence-corrected chi connectivity index (χ2v) is 6.79. The Balaban J connectivity index is 1.83. The summed E-state index contributed by atoms with van der Waals surface area (Å²) in [4.78, 5) is 17.1. The molecule has 0 bridgehead atoms. The summed E-state index contributed by atoms with van der Waals surface area (Å²) in [5, 5.41) is 10.7. The Morgan fingerprint density at radius 2 is 1.73 bits per heavy atom. The maximum atomic E-state index is 12.7. The normalized spacial score (nSPS) is 10.7. The first-order valence-corrected chi connectivity index (χ1v) is 9.64. The number of rotatable bonds is 6. The first-order chi connectivity index (χ1) is 14.7. The van der Waals surface area contributed by atoms with Gasteiger partial charge in [-0.15, -0.1) is 0 Å². The minimum atomic E-state index is -0.428. The van der Waals surface area contributed by atoms with Crippen LogP contribution < -0.4 is 9.47 Å². The predicted octanol–water partition coefficient (Wildman–Crippen LogP) is 4.66. The van der Waals surface area contributed by atoms with Gasteiger partial charge in [0.05, 0.1) is 12.7 Å². The van der Waals surface area contributed by atoms with Crippen LogP contribution >= 0.6 is 0 Å². The molecule has 0 radical (unpaired) electrons. The lowest BCUT2D eigenvalue weighted by Crippen LogP contribution is -2.08. The molecule has 0 aliphatic rings. The van der Waals surface area contributed by atoms with E-state index in [0.29, 0.717) is 23.6 Å². The zero-order valence-corrected chi connectivity index (χ0v) is 16.5. The molecule has 0 saturated carbocycles. The summed E-state index contributed by atoms with van der Waals surface area (Å²) in [6.45, 7) is 0.103. The quantitative estimate of drug-likeness (QED) is 0.377. The van der Waals surface area contributed by atoms with Crippen molar-refractivity contribution in [2.75, 3.05) is 13.7 Å². The van der Waals surface area contributed by atoms with Crippen molar-refractivity contribution < 1.29 is 19.4 Å². The van der Waals surface area contributed by atoms with Gasteiger partial charge in [-0.25, -0.2) is 9.78 Å². The first kappa shape index (κ1) is 19.6. The largest absolute Gasteiger partial charge is 0.481 e. The standard InChI is InChI=1S/C25H21NO4/c1-29-24-20-8-5-9-22(30-25(28)19-6-3-2-4-7-19)23(20)21(16-26-24)18-12-10-17(11-13-18)14-15-27/h2-13,16,27H,14-15H2,1H3. The molecule has 0 aliphatic heterocycles. The number of benzene rings is 3. The average Bonchev–Trinajstić information content (AvgIpc) is 2.80. The lowest BCUT2D eigenvalue weighted by atomic mass is 9.98. The summed E-state index contributed by atoms with van der Waals surface area (Å²) in [5.41, 5.74) is 3.28. The topological polar surface area (TPSA) is 68.7 Å². The van der Waals surface area contributed by atoms with Gasteiger partial charge in [0.2, 0.25) is 5.88 Å². The fourth-order valence-corrected chi connectivity index (χ4v) is 3.42. The lowest BCUT2D eigenvalue weighted by molar-refractivity contribution is 0.0737. The van der Waals surface area contributed by atoms with Crippen LogP contribution in [0, 0.1) is 0 Å². The van der Waals surface area contributed by atoms with E-state index in [9.17, 15) is 4.79 Å². The molecule has 0 saturated heterocycles. The molecule has 0 atom stereocenters. The van der Waals surface area contributed by atoms with Crippen molar-refractivity contribution in [1.29, 1.82) is 0 Å². The van der Waals surface area contributed by atoms with Gasteiger partial charge in [0, 0.05) is 29.1 Å². The first-order valence-electron chi connectivity index (χ1n) is 9.64. The van der Waals surface area contributed by atoms with Crippen LogP contribution in [0.3, 0.4) is 0 Å². The summed E-state index contributed by atoms with van der Waals surface area (Å²) >= 11 is 0. The number of carbonyl (C=O) groups is 1. The number of esters is 1. The number of aliphatic hydroxyl groups excluding tert-OH is 1. The Kier molecular flexibility index (Phi) is 5.72. The average molecular weight is 399 g/mol. The van der Waals surface area contributed by atoms with Crippen LogP contribution in [0.15, 0.2) is 79.0 Å². The number of hydrogen-bond acceptors (Lipinski definition) is 5. The molecule has 1 aromatic heterocycles. The van der Waals surface area contributed by atoms with Crippen LogP contribution in [-0.2, 0) is 6.42 Å². The fraction of sp³-hybridized carbons (Fsp3) is 0.120. The van der Waals surface area contributed by atoms with Gasteiger partial charge in [-0.3, -0.25) is 0 Å². The molecule has 5 heteroatoms. The number of nitrogens with zero attached hydrogens (tertiary/aromatic N) is 1. The monoisotopic (exact) mass is 399 g/mol. The Morgan fingerprint density at radius 1 is 0.967 bits per heavy atom. The minimum Gasteiger partial charge on any atom is -0.481 e. The summed E-state index contributed by atoms with van der Waals surface area (Å²) in [5.74, 6) is 0.475. The van der Waals surface area contributed by atoms with Gasteiger partial charge in [-0.2, -0.15) is 0 Å². The third-order valence-corrected chi connectivity index (χ3v) is 4.91. The van der Waals surface area contributed by atoms with E-state index < -0.39 is 5.97 Å². The minimum absolute atomic E-state index is 0.103. The van der Waals surface area contributed by atoms with Crippen LogP contribution in [0.5, 0.6) is 11.6 Å². The van der Waals surface area contributed by atoms with Gasteiger partial charge in [0.1, 0.15) is 5.75 Å². The molecule has 0 fully saturated rings. The number of fused-ring (bicyclic) bond motifs is 1. The van der Waals surface area contributed by atoms with E-state index in [1.165, 1.54) is 0 Å². The smallest absolute Gasteiger partial charge is 0.343 e. The second kappa shape index (κ2) is 8.76. The number of carbonyl (C=O) groups excluding carboxylic acids is 1. The number of aromatic nitrogens is 1. The number of pyridine rings is 1. The van der Waals surface area contributed by atoms with Crippen LogP contribution in [0.2, 0.25) is 0 Å². The van der Waals surface area contributed by atoms with Crippen molar-refractivity contribution in [2.24, 2.45) is 0 Å². The van der Waals surface area contributed by atoms with Crippen LogP contribution in [0.1, 0.15) is 15.9 Å². The Hall–Kier alpha value is -3.70. The molecular formula is C25H21NO4. The highest BCUT2D eigenvalue weighted by molar-refractivity contribution is 6.04. The van der Waals surface area contributed by atoms with E-state index in [1.54, 1.807) is 43.6 Å². The van der Waals surface area contributed by atoms with Crippen molar-refractivity contribution in [2.45, 2.75) is 6.42 Å². The SMILES string of the molecule is COc1ncc(-c2ccc(CCO)cc2)c2c(OC(=O)c3ccccc3)cccc12. The zero-order valence-electron chi connectivity index (χ0n) is 16.5. The molecule has 0 unspecified atom stereocenters. The molecule has 0 aliphatic carbocycles. The van der Waals surface area contributed by atoms with Crippen LogP contribution in [0.25, 0.3) is 21.9 Å². The predicted molar refractivity (Wildman–Crippen MR) is 116 cm³/mol. The van der Waals surface area contributed by atoms with E-state index in [1.807, 2.05) is 42.5 Å². The van der Waals surface area contributed by atoms with Gasteiger partial charge in [0.25, 0.3) is 0 Å². The van der Waals surface area contributed by atoms with Crippen molar-refractivity contribution in [3.63, 3.8) is 0 Å². The summed E-state index contributed by atoms with van der Waals surface area (Å²) in [6, 6.07) is 22.3. The van der Waals surface area contributed by atoms with Crippen molar-refractivity contribution in [3.8, 4) is 22.8 Å². The highest BCUT2D eigenvalue weighted by atomic mass is 16.5. The lowest BCUT2D eigenvalue weighted by Gasteiger charge is -2.14. The maximum Gasteiger partial charge on any atom is 0.343 e. The van der Waals surface area contributed by atoms with Crippen molar-refractivity contribution in [3.05, 3.63) is 90.1 Å². The Morgan fingerprint density at radius 3 is 2.43 bits per heavy atom. The van der Waals surface area contributed by atoms with Crippen LogP contribution in [0.4, 0.5) is 0 Å². The Bertz CT molecular complexity index is 1170. The molecule has 0 spiro atoms. The molecular weight excluding hydrogens is 378 g/mol. The second-order valence-electron chi connectivity index (χ2n) is 6.79. The van der Waals surface area contributed by atoms with E-state index in [-0.39, 0.29) is 6.61 Å². The summed E-state index contributed by atoms with van der Waals surface area (Å²) < 4.78 is 11.2. The van der Waals surface area contributed by atoms with E-state index in [2.05, 4.69) is 4.98 Å². The molecule has 1 heterocycles. The van der Waals surface area contributed by atoms with E-state index in [0.717, 1.165) is 27.5 Å². The maximum absolute atomic E-state index is 12.7. The van der Waals surface area contributed by atoms with Gasteiger partial charge in [-0.05, 0) is 41.8 Å². The molecule has 30 heavy (non-hydrogen) atoms. The molecule has 4 rings (SSSR count). The third-order valence-electron chi connectivity index (χ3n) is 4.91. The summed E-state index contributed by atoms with van der Waals surface area (Å²) in [6.07, 6.45) is 2.32. The van der Waals surface area contributed by atoms with Gasteiger partial charge in [0.15, 0.2) is 0 Å². The molecule has 0 amide bonds. The highest BCUT2D eigenvalue weighted by Crippen LogP contribution is 2.38. The van der Waals surface area contributed by atoms with E-state index >= 15 is 0 Å². The van der Waals surface area contributed by atoms with Gasteiger partial charge < -0.3 is 14.6 Å². The number of ether oxygens (including phenoxy) is 2. The number of aliphatic hydroxyl groups is 1. The van der Waals surface area contributed by atoms with Gasteiger partial charge >= 0.3 is 5.97 Å². The van der Waals surface area contributed by atoms with E-state index in [4.69, 9.17) is 14.6 Å². The zero-order chi connectivity index (χ0) is 20.9. The van der Waals surface area contributed by atoms with Crippen LogP contribution in [-0.4, -0.2) is 29.8 Å². The van der Waals surface area contributed by atoms with Crippen molar-refractivity contribution >= 4 is 16.7 Å². The molecule has 1 N–H and O–H groups in total. The Labute approximate surface area is 174 Å².